The summed E-state index contributed by atoms with van der Waals surface area (Å²) in [5.41, 5.74) is 1.45. The van der Waals surface area contributed by atoms with Crippen LogP contribution >= 0.6 is 0 Å². The molecule has 0 spiro atoms. The molecule has 1 heterocycles. The van der Waals surface area contributed by atoms with Crippen LogP contribution in [0.5, 0.6) is 0 Å². The van der Waals surface area contributed by atoms with E-state index in [0.717, 1.165) is 18.7 Å². The van der Waals surface area contributed by atoms with Crippen molar-refractivity contribution >= 4 is 11.6 Å². The third-order valence-corrected chi connectivity index (χ3v) is 4.11. The average molecular weight is 278 g/mol. The Balaban J connectivity index is 1.88. The number of halogens is 1. The van der Waals surface area contributed by atoms with Gasteiger partial charge >= 0.3 is 0 Å². The van der Waals surface area contributed by atoms with E-state index in [4.69, 9.17) is 0 Å². The molecule has 2 rings (SSSR count). The summed E-state index contributed by atoms with van der Waals surface area (Å²) in [6.45, 7) is 6.02. The van der Waals surface area contributed by atoms with Gasteiger partial charge in [0.2, 0.25) is 5.91 Å². The average Bonchev–Trinajstić information content (AvgIpc) is 2.43. The maximum atomic E-state index is 13.0. The van der Waals surface area contributed by atoms with E-state index in [2.05, 4.69) is 17.6 Å². The number of piperidine rings is 1. The van der Waals surface area contributed by atoms with Gasteiger partial charge in [-0.25, -0.2) is 4.39 Å². The van der Waals surface area contributed by atoms with Gasteiger partial charge in [-0.05, 0) is 68.5 Å². The standard InChI is InChI=1S/C16H23FN2O/c1-11(13-4-3-7-18-10-13)9-16(20)19-15-6-5-14(17)8-12(15)2/h5-6,8,11,13,18H,3-4,7,9-10H2,1-2H3,(H,19,20). The molecule has 1 aliphatic heterocycles. The number of hydrogen-bond acceptors (Lipinski definition) is 2. The minimum atomic E-state index is -0.276. The fraction of sp³-hybridized carbons (Fsp3) is 0.562. The van der Waals surface area contributed by atoms with Crippen molar-refractivity contribution in [1.29, 1.82) is 0 Å². The van der Waals surface area contributed by atoms with Crippen LogP contribution in [0.4, 0.5) is 10.1 Å². The Kier molecular flexibility index (Phi) is 5.12. The Bertz CT molecular complexity index is 470. The van der Waals surface area contributed by atoms with E-state index >= 15 is 0 Å². The second kappa shape index (κ2) is 6.84. The zero-order valence-electron chi connectivity index (χ0n) is 12.2. The van der Waals surface area contributed by atoms with Crippen molar-refractivity contribution in [2.45, 2.75) is 33.1 Å². The minimum Gasteiger partial charge on any atom is -0.326 e. The molecule has 1 aromatic rings. The van der Waals surface area contributed by atoms with Crippen LogP contribution in [-0.2, 0) is 4.79 Å². The van der Waals surface area contributed by atoms with Crippen LogP contribution in [0.15, 0.2) is 18.2 Å². The monoisotopic (exact) mass is 278 g/mol. The predicted molar refractivity (Wildman–Crippen MR) is 79.1 cm³/mol. The summed E-state index contributed by atoms with van der Waals surface area (Å²) >= 11 is 0. The largest absolute Gasteiger partial charge is 0.326 e. The molecule has 0 saturated carbocycles. The number of anilines is 1. The van der Waals surface area contributed by atoms with E-state index in [-0.39, 0.29) is 11.7 Å². The molecule has 20 heavy (non-hydrogen) atoms. The zero-order valence-corrected chi connectivity index (χ0v) is 12.2. The van der Waals surface area contributed by atoms with E-state index in [1.165, 1.54) is 25.0 Å². The number of nitrogens with one attached hydrogen (secondary N) is 2. The Labute approximate surface area is 120 Å². The van der Waals surface area contributed by atoms with Gasteiger partial charge in [-0.3, -0.25) is 4.79 Å². The molecule has 0 aromatic heterocycles. The number of aryl methyl sites for hydroxylation is 1. The van der Waals surface area contributed by atoms with Crippen molar-refractivity contribution in [3.05, 3.63) is 29.6 Å². The number of rotatable bonds is 4. The van der Waals surface area contributed by atoms with E-state index < -0.39 is 0 Å². The highest BCUT2D eigenvalue weighted by Gasteiger charge is 2.22. The molecule has 110 valence electrons. The second-order valence-corrected chi connectivity index (χ2v) is 5.80. The van der Waals surface area contributed by atoms with Crippen LogP contribution in [-0.4, -0.2) is 19.0 Å². The first-order chi connectivity index (χ1) is 9.56. The molecule has 1 aliphatic rings. The fourth-order valence-corrected chi connectivity index (χ4v) is 2.79. The number of benzene rings is 1. The third-order valence-electron chi connectivity index (χ3n) is 4.11. The lowest BCUT2D eigenvalue weighted by Crippen LogP contribution is -2.34. The molecule has 3 nitrogen and oxygen atoms in total. The number of carbonyl (C=O) groups is 1. The van der Waals surface area contributed by atoms with Crippen molar-refractivity contribution in [1.82, 2.24) is 5.32 Å². The molecule has 1 fully saturated rings. The number of amides is 1. The third kappa shape index (κ3) is 4.04. The van der Waals surface area contributed by atoms with E-state index in [0.29, 0.717) is 23.9 Å². The highest BCUT2D eigenvalue weighted by atomic mass is 19.1. The molecule has 2 atom stereocenters. The van der Waals surface area contributed by atoms with Gasteiger partial charge < -0.3 is 10.6 Å². The molecule has 0 bridgehead atoms. The molecule has 1 amide bonds. The topological polar surface area (TPSA) is 41.1 Å². The second-order valence-electron chi connectivity index (χ2n) is 5.80. The first-order valence-electron chi connectivity index (χ1n) is 7.33. The lowest BCUT2D eigenvalue weighted by Gasteiger charge is -2.28. The Morgan fingerprint density at radius 2 is 2.35 bits per heavy atom. The molecule has 2 unspecified atom stereocenters. The lowest BCUT2D eigenvalue weighted by atomic mass is 9.85. The van der Waals surface area contributed by atoms with Gasteiger partial charge in [0.15, 0.2) is 0 Å². The summed E-state index contributed by atoms with van der Waals surface area (Å²) in [4.78, 5) is 12.1. The molecule has 4 heteroatoms. The molecule has 1 aromatic carbocycles. The number of hydrogen-bond donors (Lipinski definition) is 2. The van der Waals surface area contributed by atoms with E-state index in [9.17, 15) is 9.18 Å². The summed E-state index contributed by atoms with van der Waals surface area (Å²) in [7, 11) is 0. The Morgan fingerprint density at radius 1 is 1.55 bits per heavy atom. The Morgan fingerprint density at radius 3 is 3.00 bits per heavy atom. The van der Waals surface area contributed by atoms with Gasteiger partial charge in [0.05, 0.1) is 0 Å². The van der Waals surface area contributed by atoms with Crippen molar-refractivity contribution in [2.24, 2.45) is 11.8 Å². The highest BCUT2D eigenvalue weighted by molar-refractivity contribution is 5.91. The van der Waals surface area contributed by atoms with Gasteiger partial charge in [0.25, 0.3) is 0 Å². The van der Waals surface area contributed by atoms with Crippen molar-refractivity contribution in [3.63, 3.8) is 0 Å². The molecule has 2 N–H and O–H groups in total. The van der Waals surface area contributed by atoms with Crippen molar-refractivity contribution < 1.29 is 9.18 Å². The van der Waals surface area contributed by atoms with Crippen LogP contribution in [0.25, 0.3) is 0 Å². The van der Waals surface area contributed by atoms with Crippen LogP contribution in [0.1, 0.15) is 31.7 Å². The molecule has 0 aliphatic carbocycles. The van der Waals surface area contributed by atoms with Crippen LogP contribution < -0.4 is 10.6 Å². The fourth-order valence-electron chi connectivity index (χ4n) is 2.79. The highest BCUT2D eigenvalue weighted by Crippen LogP contribution is 2.23. The van der Waals surface area contributed by atoms with Gasteiger partial charge in [0, 0.05) is 12.1 Å². The minimum absolute atomic E-state index is 0.0118. The summed E-state index contributed by atoms with van der Waals surface area (Å²) in [5, 5.41) is 6.26. The molecular formula is C16H23FN2O. The normalized spacial score (nSPS) is 20.4. The smallest absolute Gasteiger partial charge is 0.224 e. The van der Waals surface area contributed by atoms with Gasteiger partial charge in [-0.1, -0.05) is 6.92 Å². The lowest BCUT2D eigenvalue weighted by molar-refractivity contribution is -0.117. The van der Waals surface area contributed by atoms with Gasteiger partial charge in [-0.2, -0.15) is 0 Å². The maximum absolute atomic E-state index is 13.0. The Hall–Kier alpha value is -1.42. The van der Waals surface area contributed by atoms with Crippen LogP contribution in [0.3, 0.4) is 0 Å². The maximum Gasteiger partial charge on any atom is 0.224 e. The van der Waals surface area contributed by atoms with E-state index in [1.54, 1.807) is 13.0 Å². The van der Waals surface area contributed by atoms with Crippen molar-refractivity contribution in [2.75, 3.05) is 18.4 Å². The predicted octanol–water partition coefficient (Wildman–Crippen LogP) is 3.10. The first-order valence-corrected chi connectivity index (χ1v) is 7.33. The zero-order chi connectivity index (χ0) is 14.5. The summed E-state index contributed by atoms with van der Waals surface area (Å²) in [6, 6.07) is 4.43. The van der Waals surface area contributed by atoms with Crippen LogP contribution in [0.2, 0.25) is 0 Å². The molecular weight excluding hydrogens is 255 g/mol. The van der Waals surface area contributed by atoms with Crippen LogP contribution in [0, 0.1) is 24.6 Å². The molecule has 0 radical (unpaired) electrons. The van der Waals surface area contributed by atoms with Gasteiger partial charge in [0.1, 0.15) is 5.82 Å². The SMILES string of the molecule is Cc1cc(F)ccc1NC(=O)CC(C)C1CCCNC1. The number of carbonyl (C=O) groups excluding carboxylic acids is 1. The summed E-state index contributed by atoms with van der Waals surface area (Å²) < 4.78 is 13.0. The van der Waals surface area contributed by atoms with Gasteiger partial charge in [-0.15, -0.1) is 0 Å². The van der Waals surface area contributed by atoms with Crippen molar-refractivity contribution in [3.8, 4) is 0 Å². The van der Waals surface area contributed by atoms with E-state index in [1.807, 2.05) is 0 Å². The first kappa shape index (κ1) is 15.0. The summed E-state index contributed by atoms with van der Waals surface area (Å²) in [5.74, 6) is 0.673. The molecule has 1 saturated heterocycles. The summed E-state index contributed by atoms with van der Waals surface area (Å²) in [6.07, 6.45) is 2.90. The quantitative estimate of drug-likeness (QED) is 0.888.